The molecule has 0 aromatic heterocycles. The summed E-state index contributed by atoms with van der Waals surface area (Å²) >= 11 is 1.61. The number of methoxy groups -OCH3 is 2. The molecule has 2 aromatic rings. The number of carbonyl (C=O) groups excluding carboxylic acids is 1. The third-order valence-electron chi connectivity index (χ3n) is 4.67. The van der Waals surface area contributed by atoms with Crippen molar-refractivity contribution in [2.45, 2.75) is 42.9 Å². The fourth-order valence-corrected chi connectivity index (χ4v) is 4.16. The van der Waals surface area contributed by atoms with Crippen LogP contribution in [0.4, 0.5) is 0 Å². The van der Waals surface area contributed by atoms with E-state index < -0.39 is 0 Å². The van der Waals surface area contributed by atoms with Crippen LogP contribution in [0.1, 0.15) is 30.0 Å². The number of benzene rings is 2. The highest BCUT2D eigenvalue weighted by Crippen LogP contribution is 2.30. The number of hydrogen-bond donors (Lipinski definition) is 1. The molecule has 1 aliphatic carbocycles. The van der Waals surface area contributed by atoms with Crippen molar-refractivity contribution in [2.24, 2.45) is 0 Å². The highest BCUT2D eigenvalue weighted by Gasteiger charge is 2.17. The number of carbonyl (C=O) groups is 1. The summed E-state index contributed by atoms with van der Waals surface area (Å²) in [6.45, 7) is 2.41. The summed E-state index contributed by atoms with van der Waals surface area (Å²) in [7, 11) is 3.21. The van der Waals surface area contributed by atoms with E-state index in [1.807, 2.05) is 25.1 Å². The minimum Gasteiger partial charge on any atom is -0.493 e. The molecule has 1 atom stereocenters. The highest BCUT2D eigenvalue weighted by molar-refractivity contribution is 8.00. The first-order chi connectivity index (χ1) is 12.6. The normalized spacial score (nSPS) is 13.8. The third-order valence-corrected chi connectivity index (χ3v) is 5.76. The van der Waals surface area contributed by atoms with Gasteiger partial charge < -0.3 is 14.8 Å². The number of hydrogen-bond acceptors (Lipinski definition) is 4. The average molecular weight is 372 g/mol. The molecule has 0 saturated heterocycles. The minimum absolute atomic E-state index is 0.0327. The van der Waals surface area contributed by atoms with Crippen molar-refractivity contribution in [1.82, 2.24) is 5.32 Å². The molecular formula is C21H25NO3S. The summed E-state index contributed by atoms with van der Waals surface area (Å²) in [6.07, 6.45) is 3.58. The van der Waals surface area contributed by atoms with Gasteiger partial charge in [-0.1, -0.05) is 12.1 Å². The monoisotopic (exact) mass is 371 g/mol. The van der Waals surface area contributed by atoms with Gasteiger partial charge in [-0.05, 0) is 67.1 Å². The zero-order valence-corrected chi connectivity index (χ0v) is 16.3. The highest BCUT2D eigenvalue weighted by atomic mass is 32.2. The largest absolute Gasteiger partial charge is 0.493 e. The lowest BCUT2D eigenvalue weighted by Crippen LogP contribution is -2.30. The van der Waals surface area contributed by atoms with Crippen molar-refractivity contribution in [3.8, 4) is 11.5 Å². The van der Waals surface area contributed by atoms with Gasteiger partial charge in [-0.2, -0.15) is 0 Å². The van der Waals surface area contributed by atoms with E-state index in [2.05, 4.69) is 23.5 Å². The molecule has 138 valence electrons. The Morgan fingerprint density at radius 2 is 1.85 bits per heavy atom. The maximum absolute atomic E-state index is 12.4. The Labute approximate surface area is 159 Å². The lowest BCUT2D eigenvalue weighted by molar-refractivity contribution is -0.120. The van der Waals surface area contributed by atoms with Gasteiger partial charge in [-0.25, -0.2) is 0 Å². The fraction of sp³-hybridized carbons (Fsp3) is 0.381. The lowest BCUT2D eigenvalue weighted by Gasteiger charge is -2.14. The Hall–Kier alpha value is -2.14. The molecule has 0 unspecified atom stereocenters. The van der Waals surface area contributed by atoms with E-state index in [0.29, 0.717) is 18.0 Å². The molecule has 0 radical (unpaired) electrons. The predicted molar refractivity (Wildman–Crippen MR) is 105 cm³/mol. The molecule has 26 heavy (non-hydrogen) atoms. The first-order valence-corrected chi connectivity index (χ1v) is 9.75. The molecule has 0 spiro atoms. The second-order valence-electron chi connectivity index (χ2n) is 6.45. The first kappa shape index (κ1) is 18.6. The zero-order chi connectivity index (χ0) is 18.5. The second kappa shape index (κ2) is 8.49. The Bertz CT molecular complexity index is 791. The molecule has 0 saturated carbocycles. The summed E-state index contributed by atoms with van der Waals surface area (Å²) in [5.74, 6) is 1.38. The lowest BCUT2D eigenvalue weighted by atomic mass is 10.1. The van der Waals surface area contributed by atoms with E-state index in [4.69, 9.17) is 9.47 Å². The van der Waals surface area contributed by atoms with Gasteiger partial charge in [0, 0.05) is 11.4 Å². The van der Waals surface area contributed by atoms with Crippen LogP contribution in [0.15, 0.2) is 41.3 Å². The van der Waals surface area contributed by atoms with Crippen LogP contribution in [0, 0.1) is 0 Å². The van der Waals surface area contributed by atoms with Crippen molar-refractivity contribution < 1.29 is 14.3 Å². The van der Waals surface area contributed by atoms with Crippen LogP contribution < -0.4 is 14.8 Å². The molecule has 1 N–H and O–H groups in total. The molecule has 0 fully saturated rings. The fourth-order valence-electron chi connectivity index (χ4n) is 3.20. The number of thioether (sulfide) groups is 1. The Balaban J connectivity index is 1.56. The number of ether oxygens (including phenoxy) is 2. The van der Waals surface area contributed by atoms with Gasteiger partial charge in [0.1, 0.15) is 0 Å². The Morgan fingerprint density at radius 3 is 2.62 bits per heavy atom. The van der Waals surface area contributed by atoms with E-state index in [9.17, 15) is 4.79 Å². The van der Waals surface area contributed by atoms with E-state index in [-0.39, 0.29) is 11.2 Å². The standard InChI is InChI=1S/C21H25NO3S/c1-14(26-18-9-8-16-5-4-6-17(16)12-18)21(23)22-13-15-7-10-19(24-2)20(11-15)25-3/h7-12,14H,4-6,13H2,1-3H3,(H,22,23)/t14-/m0/s1. The number of amides is 1. The van der Waals surface area contributed by atoms with Crippen molar-refractivity contribution in [3.63, 3.8) is 0 Å². The molecule has 0 heterocycles. The number of rotatable bonds is 7. The number of aryl methyl sites for hydroxylation is 2. The van der Waals surface area contributed by atoms with Gasteiger partial charge in [-0.15, -0.1) is 11.8 Å². The van der Waals surface area contributed by atoms with Crippen LogP contribution in [0.2, 0.25) is 0 Å². The second-order valence-corrected chi connectivity index (χ2v) is 7.87. The molecule has 2 aromatic carbocycles. The quantitative estimate of drug-likeness (QED) is 0.748. The number of nitrogens with one attached hydrogen (secondary N) is 1. The van der Waals surface area contributed by atoms with Crippen molar-refractivity contribution in [1.29, 1.82) is 0 Å². The maximum atomic E-state index is 12.4. The molecule has 5 heteroatoms. The summed E-state index contributed by atoms with van der Waals surface area (Å²) in [5.41, 5.74) is 3.87. The molecule has 0 aliphatic heterocycles. The SMILES string of the molecule is COc1ccc(CNC(=O)[C@H](C)Sc2ccc3c(c2)CCC3)cc1OC. The third kappa shape index (κ3) is 4.33. The molecule has 3 rings (SSSR count). The van der Waals surface area contributed by atoms with E-state index in [0.717, 1.165) is 12.0 Å². The van der Waals surface area contributed by atoms with Crippen molar-refractivity contribution in [3.05, 3.63) is 53.1 Å². The van der Waals surface area contributed by atoms with Crippen LogP contribution >= 0.6 is 11.8 Å². The predicted octanol–water partition coefficient (Wildman–Crippen LogP) is 3.99. The van der Waals surface area contributed by atoms with Crippen LogP contribution in [-0.2, 0) is 24.2 Å². The minimum atomic E-state index is -0.144. The molecule has 1 aliphatic rings. The molecular weight excluding hydrogens is 346 g/mol. The van der Waals surface area contributed by atoms with Crippen LogP contribution in [-0.4, -0.2) is 25.4 Å². The van der Waals surface area contributed by atoms with Gasteiger partial charge >= 0.3 is 0 Å². The summed E-state index contributed by atoms with van der Waals surface area (Å²) in [5, 5.41) is 2.86. The van der Waals surface area contributed by atoms with Crippen molar-refractivity contribution in [2.75, 3.05) is 14.2 Å². The smallest absolute Gasteiger partial charge is 0.233 e. The number of fused-ring (bicyclic) bond motifs is 1. The topological polar surface area (TPSA) is 47.6 Å². The van der Waals surface area contributed by atoms with Gasteiger partial charge in [0.05, 0.1) is 19.5 Å². The summed E-state index contributed by atoms with van der Waals surface area (Å²) in [4.78, 5) is 13.6. The molecule has 0 bridgehead atoms. The Morgan fingerprint density at radius 1 is 1.08 bits per heavy atom. The van der Waals surface area contributed by atoms with Crippen LogP contribution in [0.25, 0.3) is 0 Å². The van der Waals surface area contributed by atoms with Gasteiger partial charge in [0.2, 0.25) is 5.91 Å². The first-order valence-electron chi connectivity index (χ1n) is 8.88. The average Bonchev–Trinajstić information content (AvgIpc) is 3.13. The maximum Gasteiger partial charge on any atom is 0.233 e. The Kier molecular flexibility index (Phi) is 6.09. The van der Waals surface area contributed by atoms with Gasteiger partial charge in [-0.3, -0.25) is 4.79 Å². The zero-order valence-electron chi connectivity index (χ0n) is 15.5. The van der Waals surface area contributed by atoms with Crippen LogP contribution in [0.5, 0.6) is 11.5 Å². The van der Waals surface area contributed by atoms with Gasteiger partial charge in [0.15, 0.2) is 11.5 Å². The summed E-state index contributed by atoms with van der Waals surface area (Å²) < 4.78 is 10.5. The summed E-state index contributed by atoms with van der Waals surface area (Å²) in [6, 6.07) is 12.2. The van der Waals surface area contributed by atoms with E-state index in [1.54, 1.807) is 26.0 Å². The van der Waals surface area contributed by atoms with Crippen molar-refractivity contribution >= 4 is 17.7 Å². The molecule has 1 amide bonds. The molecule has 4 nitrogen and oxygen atoms in total. The van der Waals surface area contributed by atoms with E-state index >= 15 is 0 Å². The van der Waals surface area contributed by atoms with Crippen LogP contribution in [0.3, 0.4) is 0 Å². The van der Waals surface area contributed by atoms with E-state index in [1.165, 1.54) is 28.9 Å². The van der Waals surface area contributed by atoms with Gasteiger partial charge in [0.25, 0.3) is 0 Å².